The molecule has 1 aliphatic heterocycles. The number of hydrogen-bond donors (Lipinski definition) is 3. The zero-order valence-electron chi connectivity index (χ0n) is 14.9. The molecule has 2 amide bonds. The maximum atomic E-state index is 12.6. The van der Waals surface area contributed by atoms with Gasteiger partial charge in [0.05, 0.1) is 4.91 Å². The van der Waals surface area contributed by atoms with Crippen LogP contribution in [0.25, 0.3) is 6.08 Å². The van der Waals surface area contributed by atoms with Crippen molar-refractivity contribution in [1.82, 2.24) is 4.90 Å². The van der Waals surface area contributed by atoms with Gasteiger partial charge in [0, 0.05) is 13.0 Å². The Balaban J connectivity index is 2.01. The van der Waals surface area contributed by atoms with Crippen molar-refractivity contribution < 1.29 is 29.3 Å². The number of rotatable bonds is 10. The zero-order chi connectivity index (χ0) is 20.7. The molecule has 0 atom stereocenters. The van der Waals surface area contributed by atoms with E-state index in [9.17, 15) is 19.5 Å². The lowest BCUT2D eigenvalue weighted by molar-refractivity contribution is -0.137. The van der Waals surface area contributed by atoms with Crippen molar-refractivity contribution >= 4 is 52.2 Å². The molecule has 2 rings (SSSR count). The molecule has 0 spiro atoms. The van der Waals surface area contributed by atoms with E-state index in [2.05, 4.69) is 0 Å². The number of amides is 2. The lowest BCUT2D eigenvalue weighted by Gasteiger charge is -2.13. The Bertz CT molecular complexity index is 824. The molecule has 1 saturated heterocycles. The van der Waals surface area contributed by atoms with Crippen molar-refractivity contribution in [1.29, 1.82) is 0 Å². The summed E-state index contributed by atoms with van der Waals surface area (Å²) in [7, 11) is 0. The number of phenolic OH excluding ortho intramolecular Hbond substituents is 1. The summed E-state index contributed by atoms with van der Waals surface area (Å²) in [4.78, 5) is 35.8. The zero-order valence-corrected chi connectivity index (χ0v) is 16.6. The third-order valence-corrected chi connectivity index (χ3v) is 5.18. The molecule has 0 radical (unpaired) electrons. The fourth-order valence-electron chi connectivity index (χ4n) is 2.45. The molecule has 0 bridgehead atoms. The van der Waals surface area contributed by atoms with Crippen molar-refractivity contribution in [3.63, 3.8) is 0 Å². The van der Waals surface area contributed by atoms with Gasteiger partial charge in [-0.1, -0.05) is 36.5 Å². The Kier molecular flexibility index (Phi) is 7.82. The molecule has 0 saturated carbocycles. The number of carboxylic acid groups (broad SMARTS) is 1. The first kappa shape index (κ1) is 21.7. The van der Waals surface area contributed by atoms with E-state index in [4.69, 9.17) is 27.8 Å². The Morgan fingerprint density at radius 2 is 2.04 bits per heavy atom. The number of ether oxygens (including phenoxy) is 1. The van der Waals surface area contributed by atoms with E-state index in [0.717, 1.165) is 0 Å². The average molecular weight is 425 g/mol. The molecule has 1 aromatic rings. The van der Waals surface area contributed by atoms with Gasteiger partial charge in [-0.05, 0) is 36.6 Å². The van der Waals surface area contributed by atoms with Crippen LogP contribution in [0, 0.1) is 0 Å². The third-order valence-electron chi connectivity index (χ3n) is 3.80. The molecule has 1 fully saturated rings. The Morgan fingerprint density at radius 1 is 1.29 bits per heavy atom. The number of aliphatic carboxylic acids is 1. The summed E-state index contributed by atoms with van der Waals surface area (Å²) in [6.07, 6.45) is 3.65. The highest BCUT2D eigenvalue weighted by Crippen LogP contribution is 2.34. The number of nitrogens with two attached hydrogens (primary N) is 1. The maximum absolute atomic E-state index is 12.6. The lowest BCUT2D eigenvalue weighted by Crippen LogP contribution is -2.29. The van der Waals surface area contributed by atoms with Crippen LogP contribution in [-0.4, -0.2) is 50.4 Å². The number of unbranched alkanes of at least 4 members (excludes halogenated alkanes) is 2. The normalized spacial score (nSPS) is 15.3. The molecule has 0 aromatic heterocycles. The van der Waals surface area contributed by atoms with E-state index in [0.29, 0.717) is 40.6 Å². The van der Waals surface area contributed by atoms with Crippen LogP contribution in [0.4, 0.5) is 0 Å². The van der Waals surface area contributed by atoms with Crippen LogP contribution in [0.1, 0.15) is 31.2 Å². The van der Waals surface area contributed by atoms with Crippen LogP contribution in [-0.2, 0) is 14.4 Å². The quantitative estimate of drug-likeness (QED) is 0.296. The van der Waals surface area contributed by atoms with Gasteiger partial charge in [0.25, 0.3) is 11.8 Å². The van der Waals surface area contributed by atoms with Gasteiger partial charge in [0.1, 0.15) is 4.32 Å². The van der Waals surface area contributed by atoms with Gasteiger partial charge in [-0.25, -0.2) is 0 Å². The summed E-state index contributed by atoms with van der Waals surface area (Å²) < 4.78 is 5.58. The van der Waals surface area contributed by atoms with Crippen LogP contribution >= 0.6 is 24.0 Å². The van der Waals surface area contributed by atoms with Crippen molar-refractivity contribution in [2.24, 2.45) is 5.73 Å². The lowest BCUT2D eigenvalue weighted by atomic mass is 10.1. The molecule has 1 heterocycles. The fraction of sp³-hybridized carbons (Fsp3) is 0.333. The molecule has 0 unspecified atom stereocenters. The number of carboxylic acids is 1. The standard InChI is InChI=1S/C18H20N2O6S2/c19-15(22)10-26-13-8-11(5-6-12(13)21)9-14-17(25)20(18(27)28-14)7-3-1-2-4-16(23)24/h5-6,8-9,21H,1-4,7,10H2,(H2,19,22)(H,23,24)/b14-9+. The van der Waals surface area contributed by atoms with Crippen molar-refractivity contribution in [3.05, 3.63) is 28.7 Å². The number of hydrogen-bond acceptors (Lipinski definition) is 7. The summed E-state index contributed by atoms with van der Waals surface area (Å²) in [6, 6.07) is 4.49. The van der Waals surface area contributed by atoms with E-state index in [-0.39, 0.29) is 30.4 Å². The molecule has 1 aromatic carbocycles. The molecule has 0 aliphatic carbocycles. The van der Waals surface area contributed by atoms with E-state index in [1.165, 1.54) is 28.8 Å². The minimum Gasteiger partial charge on any atom is -0.504 e. The predicted octanol–water partition coefficient (Wildman–Crippen LogP) is 2.10. The second-order valence-electron chi connectivity index (χ2n) is 6.02. The molecule has 4 N–H and O–H groups in total. The monoisotopic (exact) mass is 424 g/mol. The van der Waals surface area contributed by atoms with Crippen LogP contribution in [0.3, 0.4) is 0 Å². The summed E-state index contributed by atoms with van der Waals surface area (Å²) in [6.45, 7) is 0.0607. The average Bonchev–Trinajstić information content (AvgIpc) is 2.88. The first-order chi connectivity index (χ1) is 13.3. The van der Waals surface area contributed by atoms with Gasteiger partial charge in [0.2, 0.25) is 0 Å². The fourth-order valence-corrected chi connectivity index (χ4v) is 3.76. The third kappa shape index (κ3) is 6.24. The van der Waals surface area contributed by atoms with Crippen LogP contribution < -0.4 is 10.5 Å². The minimum atomic E-state index is -0.832. The number of carbonyl (C=O) groups is 3. The Morgan fingerprint density at radius 3 is 2.71 bits per heavy atom. The molecular weight excluding hydrogens is 404 g/mol. The number of carbonyl (C=O) groups excluding carboxylic acids is 2. The second kappa shape index (κ2) is 10.1. The number of thioether (sulfide) groups is 1. The van der Waals surface area contributed by atoms with Crippen molar-refractivity contribution in [3.8, 4) is 11.5 Å². The van der Waals surface area contributed by atoms with Crippen molar-refractivity contribution in [2.75, 3.05) is 13.2 Å². The highest BCUT2D eigenvalue weighted by Gasteiger charge is 2.31. The summed E-state index contributed by atoms with van der Waals surface area (Å²) in [5.41, 5.74) is 5.62. The highest BCUT2D eigenvalue weighted by molar-refractivity contribution is 8.26. The number of thiocarbonyl (C=S) groups is 1. The highest BCUT2D eigenvalue weighted by atomic mass is 32.2. The van der Waals surface area contributed by atoms with Crippen LogP contribution in [0.2, 0.25) is 0 Å². The smallest absolute Gasteiger partial charge is 0.303 e. The number of primary amides is 1. The predicted molar refractivity (Wildman–Crippen MR) is 109 cm³/mol. The van der Waals surface area contributed by atoms with Gasteiger partial charge in [-0.3, -0.25) is 19.3 Å². The molecular formula is C18H20N2O6S2. The molecule has 1 aliphatic rings. The van der Waals surface area contributed by atoms with E-state index in [1.54, 1.807) is 12.1 Å². The van der Waals surface area contributed by atoms with Crippen LogP contribution in [0.15, 0.2) is 23.1 Å². The molecule has 8 nitrogen and oxygen atoms in total. The van der Waals surface area contributed by atoms with Crippen molar-refractivity contribution in [2.45, 2.75) is 25.7 Å². The van der Waals surface area contributed by atoms with Gasteiger partial charge in [-0.15, -0.1) is 0 Å². The van der Waals surface area contributed by atoms with Gasteiger partial charge in [0.15, 0.2) is 18.1 Å². The first-order valence-electron chi connectivity index (χ1n) is 8.49. The van der Waals surface area contributed by atoms with Crippen LogP contribution in [0.5, 0.6) is 11.5 Å². The number of benzene rings is 1. The Labute approximate surface area is 171 Å². The van der Waals surface area contributed by atoms with Gasteiger partial charge >= 0.3 is 5.97 Å². The van der Waals surface area contributed by atoms with E-state index in [1.807, 2.05) is 0 Å². The maximum Gasteiger partial charge on any atom is 0.303 e. The van der Waals surface area contributed by atoms with E-state index < -0.39 is 11.9 Å². The molecule has 28 heavy (non-hydrogen) atoms. The number of phenols is 1. The largest absolute Gasteiger partial charge is 0.504 e. The SMILES string of the molecule is NC(=O)COc1cc(/C=C2/SC(=S)N(CCCCCC(=O)O)C2=O)ccc1O. The molecule has 10 heteroatoms. The number of aromatic hydroxyl groups is 1. The molecule has 150 valence electrons. The summed E-state index contributed by atoms with van der Waals surface area (Å²) >= 11 is 6.44. The first-order valence-corrected chi connectivity index (χ1v) is 9.71. The van der Waals surface area contributed by atoms with Gasteiger partial charge < -0.3 is 20.7 Å². The van der Waals surface area contributed by atoms with Gasteiger partial charge in [-0.2, -0.15) is 0 Å². The summed E-state index contributed by atoms with van der Waals surface area (Å²) in [5.74, 6) is -1.79. The topological polar surface area (TPSA) is 130 Å². The van der Waals surface area contributed by atoms with E-state index >= 15 is 0 Å². The second-order valence-corrected chi connectivity index (χ2v) is 7.70. The number of nitrogens with zero attached hydrogens (tertiary/aromatic N) is 1. The minimum absolute atomic E-state index is 0.0847. The Hall–Kier alpha value is -2.59. The summed E-state index contributed by atoms with van der Waals surface area (Å²) in [5, 5.41) is 18.4.